The molecule has 1 aliphatic carbocycles. The fourth-order valence-corrected chi connectivity index (χ4v) is 3.91. The van der Waals surface area contributed by atoms with E-state index in [9.17, 15) is 0 Å². The van der Waals surface area contributed by atoms with Crippen LogP contribution in [0.1, 0.15) is 60.3 Å². The highest BCUT2D eigenvalue weighted by atomic mass is 16.5. The molecular formula is C18H36N2O. The van der Waals surface area contributed by atoms with E-state index < -0.39 is 0 Å². The van der Waals surface area contributed by atoms with Gasteiger partial charge < -0.3 is 10.1 Å². The number of hydrogen-bond acceptors (Lipinski definition) is 3. The van der Waals surface area contributed by atoms with Crippen molar-refractivity contribution in [3.8, 4) is 0 Å². The molecule has 0 atom stereocenters. The van der Waals surface area contributed by atoms with E-state index in [4.69, 9.17) is 4.74 Å². The summed E-state index contributed by atoms with van der Waals surface area (Å²) in [5, 5.41) is 3.72. The highest BCUT2D eigenvalue weighted by molar-refractivity contribution is 4.92. The second-order valence-electron chi connectivity index (χ2n) is 8.54. The van der Waals surface area contributed by atoms with Crippen LogP contribution in [0.15, 0.2) is 0 Å². The molecule has 0 unspecified atom stereocenters. The van der Waals surface area contributed by atoms with Gasteiger partial charge in [-0.3, -0.25) is 4.90 Å². The summed E-state index contributed by atoms with van der Waals surface area (Å²) in [6.45, 7) is 16.9. The highest BCUT2D eigenvalue weighted by Crippen LogP contribution is 2.39. The fraction of sp³-hybridized carbons (Fsp3) is 1.00. The summed E-state index contributed by atoms with van der Waals surface area (Å²) in [7, 11) is 0. The van der Waals surface area contributed by atoms with E-state index in [1.165, 1.54) is 38.8 Å². The maximum absolute atomic E-state index is 5.88. The minimum absolute atomic E-state index is 0.0207. The zero-order valence-corrected chi connectivity index (χ0v) is 14.9. The van der Waals surface area contributed by atoms with Crippen molar-refractivity contribution in [3.05, 3.63) is 0 Å². The molecule has 1 heterocycles. The van der Waals surface area contributed by atoms with Crippen LogP contribution < -0.4 is 5.32 Å². The Bertz CT molecular complexity index is 319. The van der Waals surface area contributed by atoms with Gasteiger partial charge in [-0.25, -0.2) is 0 Å². The molecular weight excluding hydrogens is 260 g/mol. The number of nitrogens with one attached hydrogen (secondary N) is 1. The molecule has 0 aromatic heterocycles. The third kappa shape index (κ3) is 5.22. The summed E-state index contributed by atoms with van der Waals surface area (Å²) in [5.74, 6) is 0.915. The lowest BCUT2D eigenvalue weighted by Gasteiger charge is -2.46. The molecule has 0 aromatic rings. The van der Waals surface area contributed by atoms with Gasteiger partial charge in [0.25, 0.3) is 0 Å². The maximum Gasteiger partial charge on any atom is 0.0753 e. The molecule has 1 aliphatic heterocycles. The maximum atomic E-state index is 5.88. The first kappa shape index (κ1) is 17.2. The molecule has 2 aliphatic rings. The van der Waals surface area contributed by atoms with Crippen molar-refractivity contribution in [2.24, 2.45) is 11.3 Å². The van der Waals surface area contributed by atoms with Crippen molar-refractivity contribution in [3.63, 3.8) is 0 Å². The topological polar surface area (TPSA) is 24.5 Å². The molecule has 0 radical (unpaired) electrons. The van der Waals surface area contributed by atoms with Crippen LogP contribution in [-0.4, -0.2) is 49.3 Å². The van der Waals surface area contributed by atoms with Crippen LogP contribution in [-0.2, 0) is 4.74 Å². The van der Waals surface area contributed by atoms with Crippen LogP contribution in [0.5, 0.6) is 0 Å². The largest absolute Gasteiger partial charge is 0.373 e. The summed E-state index contributed by atoms with van der Waals surface area (Å²) >= 11 is 0. The average Bonchev–Trinajstić information content (AvgIpc) is 2.39. The lowest BCUT2D eigenvalue weighted by atomic mass is 9.70. The van der Waals surface area contributed by atoms with Crippen molar-refractivity contribution in [2.75, 3.05) is 32.8 Å². The summed E-state index contributed by atoms with van der Waals surface area (Å²) in [6.07, 6.45) is 5.55. The lowest BCUT2D eigenvalue weighted by Crippen LogP contribution is -2.54. The van der Waals surface area contributed by atoms with E-state index in [-0.39, 0.29) is 5.60 Å². The van der Waals surface area contributed by atoms with Gasteiger partial charge in [-0.2, -0.15) is 0 Å². The molecule has 1 saturated heterocycles. The predicted octanol–water partition coefficient (Wildman–Crippen LogP) is 3.29. The van der Waals surface area contributed by atoms with Crippen molar-refractivity contribution in [1.29, 1.82) is 0 Å². The standard InChI is InChI=1S/C18H36N2O/c1-15(2)19-12-18(8-6-16(3)7-9-18)14-20-10-11-21-17(4,5)13-20/h15-16,19H,6-14H2,1-5H3. The Kier molecular flexibility index (Phi) is 5.72. The molecule has 124 valence electrons. The third-order valence-corrected chi connectivity index (χ3v) is 5.28. The molecule has 3 heteroatoms. The van der Waals surface area contributed by atoms with E-state index >= 15 is 0 Å². The van der Waals surface area contributed by atoms with E-state index in [1.54, 1.807) is 0 Å². The zero-order valence-electron chi connectivity index (χ0n) is 14.9. The number of morpholine rings is 1. The van der Waals surface area contributed by atoms with Gasteiger partial charge in [-0.1, -0.05) is 33.6 Å². The van der Waals surface area contributed by atoms with Crippen LogP contribution in [0.25, 0.3) is 0 Å². The number of nitrogens with zero attached hydrogens (tertiary/aromatic N) is 1. The first-order valence-corrected chi connectivity index (χ1v) is 8.90. The zero-order chi connectivity index (χ0) is 15.5. The van der Waals surface area contributed by atoms with Gasteiger partial charge in [0.15, 0.2) is 0 Å². The summed E-state index contributed by atoms with van der Waals surface area (Å²) in [6, 6.07) is 0.586. The van der Waals surface area contributed by atoms with Gasteiger partial charge >= 0.3 is 0 Å². The molecule has 0 aromatic carbocycles. The second-order valence-corrected chi connectivity index (χ2v) is 8.54. The number of rotatable bonds is 5. The number of ether oxygens (including phenoxy) is 1. The molecule has 2 fully saturated rings. The van der Waals surface area contributed by atoms with Crippen LogP contribution in [0.4, 0.5) is 0 Å². The Balaban J connectivity index is 1.98. The molecule has 0 bridgehead atoms. The molecule has 0 amide bonds. The number of hydrogen-bond donors (Lipinski definition) is 1. The second kappa shape index (κ2) is 6.97. The minimum Gasteiger partial charge on any atom is -0.373 e. The SMILES string of the molecule is CC1CCC(CNC(C)C)(CN2CCOC(C)(C)C2)CC1. The first-order valence-electron chi connectivity index (χ1n) is 8.90. The van der Waals surface area contributed by atoms with Crippen molar-refractivity contribution in [1.82, 2.24) is 10.2 Å². The fourth-order valence-electron chi connectivity index (χ4n) is 3.91. The highest BCUT2D eigenvalue weighted by Gasteiger charge is 2.38. The Morgan fingerprint density at radius 1 is 1.24 bits per heavy atom. The van der Waals surface area contributed by atoms with Crippen molar-refractivity contribution < 1.29 is 4.74 Å². The van der Waals surface area contributed by atoms with Crippen molar-refractivity contribution >= 4 is 0 Å². The van der Waals surface area contributed by atoms with Gasteiger partial charge in [0.1, 0.15) is 0 Å². The average molecular weight is 296 g/mol. The Morgan fingerprint density at radius 3 is 2.48 bits per heavy atom. The Labute approximate surface area is 131 Å². The molecule has 21 heavy (non-hydrogen) atoms. The summed E-state index contributed by atoms with van der Waals surface area (Å²) in [5.41, 5.74) is 0.497. The third-order valence-electron chi connectivity index (χ3n) is 5.28. The Hall–Kier alpha value is -0.120. The van der Waals surface area contributed by atoms with E-state index in [0.717, 1.165) is 25.6 Å². The smallest absolute Gasteiger partial charge is 0.0753 e. The van der Waals surface area contributed by atoms with Crippen LogP contribution >= 0.6 is 0 Å². The predicted molar refractivity (Wildman–Crippen MR) is 89.7 cm³/mol. The first-order chi connectivity index (χ1) is 9.80. The Morgan fingerprint density at radius 2 is 1.90 bits per heavy atom. The molecule has 3 nitrogen and oxygen atoms in total. The summed E-state index contributed by atoms with van der Waals surface area (Å²) in [4.78, 5) is 2.65. The van der Waals surface area contributed by atoms with Gasteiger partial charge in [-0.05, 0) is 38.0 Å². The van der Waals surface area contributed by atoms with Crippen molar-refractivity contribution in [2.45, 2.75) is 71.9 Å². The van der Waals surface area contributed by atoms with E-state index in [0.29, 0.717) is 11.5 Å². The molecule has 2 rings (SSSR count). The summed E-state index contributed by atoms with van der Waals surface area (Å²) < 4.78 is 5.88. The normalized spacial score (nSPS) is 34.3. The van der Waals surface area contributed by atoms with Gasteiger partial charge in [0, 0.05) is 32.2 Å². The van der Waals surface area contributed by atoms with E-state index in [2.05, 4.69) is 44.8 Å². The van der Waals surface area contributed by atoms with Gasteiger partial charge in [0.05, 0.1) is 12.2 Å². The van der Waals surface area contributed by atoms with Crippen LogP contribution in [0.3, 0.4) is 0 Å². The molecule has 0 spiro atoms. The monoisotopic (exact) mass is 296 g/mol. The van der Waals surface area contributed by atoms with Crippen LogP contribution in [0.2, 0.25) is 0 Å². The molecule has 1 N–H and O–H groups in total. The quantitative estimate of drug-likeness (QED) is 0.842. The van der Waals surface area contributed by atoms with E-state index in [1.807, 2.05) is 0 Å². The molecule has 1 saturated carbocycles. The minimum atomic E-state index is 0.0207. The van der Waals surface area contributed by atoms with Crippen LogP contribution in [0, 0.1) is 11.3 Å². The van der Waals surface area contributed by atoms with Gasteiger partial charge in [0.2, 0.25) is 0 Å². The lowest BCUT2D eigenvalue weighted by molar-refractivity contribution is -0.0972. The van der Waals surface area contributed by atoms with Gasteiger partial charge in [-0.15, -0.1) is 0 Å².